The van der Waals surface area contributed by atoms with Crippen LogP contribution < -0.4 is 0 Å². The molecule has 144 valence electrons. The Bertz CT molecular complexity index is 369. The van der Waals surface area contributed by atoms with Crippen molar-refractivity contribution < 1.29 is 14.0 Å². The second-order valence-corrected chi connectivity index (χ2v) is 14.2. The minimum Gasteiger partial charge on any atom is -0.464 e. The van der Waals surface area contributed by atoms with Crippen LogP contribution in [0.4, 0.5) is 0 Å². The van der Waals surface area contributed by atoms with Gasteiger partial charge in [-0.05, 0) is 62.6 Å². The number of carbonyl (C=O) groups is 1. The lowest BCUT2D eigenvalue weighted by molar-refractivity contribution is -0.165. The maximum absolute atomic E-state index is 13.0. The number of esters is 1. The molecule has 0 heterocycles. The molecule has 0 rings (SSSR count). The Morgan fingerprint density at radius 3 is 1.67 bits per heavy atom. The quantitative estimate of drug-likeness (QED) is 0.345. The van der Waals surface area contributed by atoms with E-state index in [9.17, 15) is 4.79 Å². The summed E-state index contributed by atoms with van der Waals surface area (Å²) in [6.45, 7) is 22.2. The van der Waals surface area contributed by atoms with Crippen LogP contribution in [0.25, 0.3) is 0 Å². The van der Waals surface area contributed by atoms with Crippen molar-refractivity contribution in [3.8, 4) is 0 Å². The summed E-state index contributed by atoms with van der Waals surface area (Å²) in [5.74, 6) is 0.929. The number of hydrogen-bond acceptors (Lipinski definition) is 3. The zero-order chi connectivity index (χ0) is 19.2. The lowest BCUT2D eigenvalue weighted by atomic mass is 9.87. The van der Waals surface area contributed by atoms with Gasteiger partial charge >= 0.3 is 5.97 Å². The second-order valence-electron chi connectivity index (χ2n) is 9.44. The minimum atomic E-state index is -2.08. The van der Waals surface area contributed by atoms with Gasteiger partial charge in [0.15, 0.2) is 13.9 Å². The van der Waals surface area contributed by atoms with E-state index in [0.29, 0.717) is 18.4 Å². The third-order valence-electron chi connectivity index (χ3n) is 5.16. The highest BCUT2D eigenvalue weighted by atomic mass is 28.4. The van der Waals surface area contributed by atoms with Crippen LogP contribution in [0.1, 0.15) is 81.1 Å². The van der Waals surface area contributed by atoms with E-state index in [2.05, 4.69) is 61.6 Å². The molecular weight excluding hydrogens is 316 g/mol. The Morgan fingerprint density at radius 2 is 1.38 bits per heavy atom. The lowest BCUT2D eigenvalue weighted by Crippen LogP contribution is -2.54. The summed E-state index contributed by atoms with van der Waals surface area (Å²) in [5.41, 5.74) is -0.784. The molecule has 24 heavy (non-hydrogen) atoms. The van der Waals surface area contributed by atoms with Crippen molar-refractivity contribution in [3.05, 3.63) is 0 Å². The molecule has 0 aromatic carbocycles. The maximum Gasteiger partial charge on any atom is 0.337 e. The first-order valence-electron chi connectivity index (χ1n) is 9.65. The van der Waals surface area contributed by atoms with Gasteiger partial charge in [-0.2, -0.15) is 0 Å². The highest BCUT2D eigenvalue weighted by Crippen LogP contribution is 2.42. The van der Waals surface area contributed by atoms with E-state index in [-0.39, 0.29) is 11.0 Å². The van der Waals surface area contributed by atoms with Gasteiger partial charge in [0.2, 0.25) is 0 Å². The predicted molar refractivity (Wildman–Crippen MR) is 106 cm³/mol. The van der Waals surface area contributed by atoms with Gasteiger partial charge in [0.1, 0.15) is 0 Å². The first kappa shape index (κ1) is 23.6. The van der Waals surface area contributed by atoms with Crippen LogP contribution in [0.5, 0.6) is 0 Å². The van der Waals surface area contributed by atoms with Gasteiger partial charge < -0.3 is 9.16 Å². The summed E-state index contributed by atoms with van der Waals surface area (Å²) in [6.07, 6.45) is 3.46. The van der Waals surface area contributed by atoms with Crippen molar-refractivity contribution in [2.75, 3.05) is 6.61 Å². The Balaban J connectivity index is 5.72. The molecule has 4 heteroatoms. The van der Waals surface area contributed by atoms with Gasteiger partial charge in [0.05, 0.1) is 6.61 Å². The monoisotopic (exact) mass is 358 g/mol. The Kier molecular flexibility index (Phi) is 9.24. The van der Waals surface area contributed by atoms with Crippen molar-refractivity contribution in [1.82, 2.24) is 0 Å². The van der Waals surface area contributed by atoms with E-state index in [0.717, 1.165) is 25.7 Å². The molecular formula is C20H42O3Si. The molecule has 0 aliphatic carbocycles. The summed E-state index contributed by atoms with van der Waals surface area (Å²) in [6, 6.07) is 0. The van der Waals surface area contributed by atoms with Crippen molar-refractivity contribution in [1.29, 1.82) is 0 Å². The molecule has 0 aromatic rings. The SMILES string of the molecule is CCOC(=O)C(CCC(C)C)(CCC(C)C)O[Si](C)(C)C(C)(C)C. The van der Waals surface area contributed by atoms with E-state index in [1.165, 1.54) is 0 Å². The van der Waals surface area contributed by atoms with E-state index < -0.39 is 13.9 Å². The molecule has 0 saturated carbocycles. The summed E-state index contributed by atoms with van der Waals surface area (Å²) in [5, 5.41) is 0.0698. The van der Waals surface area contributed by atoms with Crippen molar-refractivity contribution >= 4 is 14.3 Å². The molecule has 0 bridgehead atoms. The third-order valence-corrected chi connectivity index (χ3v) is 9.67. The number of rotatable bonds is 10. The normalized spacial score (nSPS) is 13.7. The zero-order valence-electron chi connectivity index (χ0n) is 17.9. The Morgan fingerprint density at radius 1 is 0.958 bits per heavy atom. The average Bonchev–Trinajstić information content (AvgIpc) is 2.40. The highest BCUT2D eigenvalue weighted by Gasteiger charge is 2.49. The molecule has 0 N–H and O–H groups in total. The topological polar surface area (TPSA) is 35.5 Å². The molecule has 0 aliphatic heterocycles. The Labute approximate surface area is 152 Å². The molecule has 0 saturated heterocycles. The van der Waals surface area contributed by atoms with Gasteiger partial charge in [-0.3, -0.25) is 0 Å². The molecule has 0 amide bonds. The fourth-order valence-corrected chi connectivity index (χ4v) is 3.99. The first-order valence-corrected chi connectivity index (χ1v) is 12.6. The first-order chi connectivity index (χ1) is 10.8. The largest absolute Gasteiger partial charge is 0.464 e. The number of ether oxygens (including phenoxy) is 1. The van der Waals surface area contributed by atoms with Gasteiger partial charge in [-0.1, -0.05) is 48.5 Å². The van der Waals surface area contributed by atoms with Gasteiger partial charge in [0, 0.05) is 0 Å². The van der Waals surface area contributed by atoms with Crippen molar-refractivity contribution in [2.45, 2.75) is 105 Å². The average molecular weight is 359 g/mol. The van der Waals surface area contributed by atoms with E-state index in [1.807, 2.05) is 6.92 Å². The Hall–Kier alpha value is -0.353. The summed E-state index contributed by atoms with van der Waals surface area (Å²) in [7, 11) is -2.08. The standard InChI is InChI=1S/C20H42O3Si/c1-11-22-18(21)20(14-12-16(2)3,15-13-17(4)5)23-24(9,10)19(6,7)8/h16-17H,11-15H2,1-10H3. The fraction of sp³-hybridized carbons (Fsp3) is 0.950. The summed E-state index contributed by atoms with van der Waals surface area (Å²) < 4.78 is 12.3. The van der Waals surface area contributed by atoms with Crippen LogP contribution in [-0.4, -0.2) is 26.5 Å². The highest BCUT2D eigenvalue weighted by molar-refractivity contribution is 6.74. The third kappa shape index (κ3) is 7.26. The van der Waals surface area contributed by atoms with Crippen molar-refractivity contribution in [3.63, 3.8) is 0 Å². The van der Waals surface area contributed by atoms with Crippen LogP contribution in [0.2, 0.25) is 18.1 Å². The molecule has 3 nitrogen and oxygen atoms in total. The van der Waals surface area contributed by atoms with E-state index >= 15 is 0 Å². The van der Waals surface area contributed by atoms with Gasteiger partial charge in [-0.25, -0.2) is 4.79 Å². The molecule has 0 aliphatic rings. The number of carbonyl (C=O) groups excluding carboxylic acids is 1. The molecule has 0 radical (unpaired) electrons. The lowest BCUT2D eigenvalue weighted by Gasteiger charge is -2.45. The van der Waals surface area contributed by atoms with Gasteiger partial charge in [-0.15, -0.1) is 0 Å². The molecule has 0 fully saturated rings. The fourth-order valence-electron chi connectivity index (χ4n) is 2.42. The van der Waals surface area contributed by atoms with E-state index in [1.54, 1.807) is 0 Å². The second kappa shape index (κ2) is 9.37. The van der Waals surface area contributed by atoms with Gasteiger partial charge in [0.25, 0.3) is 0 Å². The molecule has 0 aromatic heterocycles. The van der Waals surface area contributed by atoms with Crippen LogP contribution in [0.3, 0.4) is 0 Å². The molecule has 0 spiro atoms. The minimum absolute atomic E-state index is 0.0698. The number of hydrogen-bond donors (Lipinski definition) is 0. The van der Waals surface area contributed by atoms with Crippen LogP contribution in [0.15, 0.2) is 0 Å². The van der Waals surface area contributed by atoms with E-state index in [4.69, 9.17) is 9.16 Å². The summed E-state index contributed by atoms with van der Waals surface area (Å²) in [4.78, 5) is 13.0. The molecule has 0 atom stereocenters. The maximum atomic E-state index is 13.0. The van der Waals surface area contributed by atoms with Crippen LogP contribution in [0, 0.1) is 11.8 Å². The smallest absolute Gasteiger partial charge is 0.337 e. The van der Waals surface area contributed by atoms with Crippen molar-refractivity contribution in [2.24, 2.45) is 11.8 Å². The predicted octanol–water partition coefficient (Wildman–Crippen LogP) is 6.18. The molecule has 0 unspecified atom stereocenters. The van der Waals surface area contributed by atoms with Crippen LogP contribution in [-0.2, 0) is 14.0 Å². The zero-order valence-corrected chi connectivity index (χ0v) is 18.9. The summed E-state index contributed by atoms with van der Waals surface area (Å²) >= 11 is 0. The van der Waals surface area contributed by atoms with Crippen LogP contribution >= 0.6 is 0 Å².